The van der Waals surface area contributed by atoms with Crippen LogP contribution in [-0.4, -0.2) is 41.8 Å². The van der Waals surface area contributed by atoms with Gasteiger partial charge in [0.2, 0.25) is 0 Å². The van der Waals surface area contributed by atoms with Crippen molar-refractivity contribution in [3.63, 3.8) is 0 Å². The van der Waals surface area contributed by atoms with E-state index in [1.54, 1.807) is 6.33 Å². The van der Waals surface area contributed by atoms with Crippen molar-refractivity contribution in [2.45, 2.75) is 52.5 Å². The topological polar surface area (TPSA) is 94.5 Å². The summed E-state index contributed by atoms with van der Waals surface area (Å²) in [5.41, 5.74) is 2.50. The number of nitrogens with zero attached hydrogens (tertiary/aromatic N) is 2. The monoisotopic (exact) mass is 416 g/mol. The number of aromatic nitrogens is 2. The molecule has 2 aromatic rings. The number of ether oxygens (including phenoxy) is 2. The Labute approximate surface area is 178 Å². The van der Waals surface area contributed by atoms with Crippen molar-refractivity contribution >= 4 is 17.7 Å². The molecule has 0 unspecified atom stereocenters. The van der Waals surface area contributed by atoms with Crippen molar-refractivity contribution < 1.29 is 19.1 Å². The van der Waals surface area contributed by atoms with Crippen LogP contribution in [0.15, 0.2) is 30.7 Å². The molecule has 1 aromatic heterocycles. The number of nitrogens with one attached hydrogen (secondary N) is 2. The molecule has 0 aliphatic heterocycles. The zero-order chi connectivity index (χ0) is 21.8. The fourth-order valence-electron chi connectivity index (χ4n) is 2.88. The highest BCUT2D eigenvalue weighted by Gasteiger charge is 2.10. The molecule has 0 radical (unpaired) electrons. The molecule has 30 heavy (non-hydrogen) atoms. The van der Waals surface area contributed by atoms with Crippen LogP contribution in [-0.2, 0) is 22.5 Å². The summed E-state index contributed by atoms with van der Waals surface area (Å²) in [5, 5.41) is 5.75. The van der Waals surface area contributed by atoms with Gasteiger partial charge in [-0.15, -0.1) is 0 Å². The molecule has 8 nitrogen and oxygen atoms in total. The van der Waals surface area contributed by atoms with Crippen molar-refractivity contribution in [1.82, 2.24) is 14.9 Å². The largest absolute Gasteiger partial charge is 0.491 e. The number of benzene rings is 1. The number of esters is 1. The van der Waals surface area contributed by atoms with Gasteiger partial charge < -0.3 is 24.7 Å². The summed E-state index contributed by atoms with van der Waals surface area (Å²) in [4.78, 5) is 27.6. The Hall–Kier alpha value is -3.03. The summed E-state index contributed by atoms with van der Waals surface area (Å²) in [6.07, 6.45) is 7.34. The lowest BCUT2D eigenvalue weighted by Crippen LogP contribution is -2.30. The van der Waals surface area contributed by atoms with Crippen LogP contribution >= 0.6 is 0 Å². The highest BCUT2D eigenvalue weighted by atomic mass is 16.5. The molecule has 1 heterocycles. The van der Waals surface area contributed by atoms with Gasteiger partial charge >= 0.3 is 12.0 Å². The number of amides is 2. The van der Waals surface area contributed by atoms with Gasteiger partial charge in [-0.2, -0.15) is 0 Å². The van der Waals surface area contributed by atoms with Gasteiger partial charge in [0, 0.05) is 25.7 Å². The van der Waals surface area contributed by atoms with Crippen LogP contribution in [0.4, 0.5) is 10.5 Å². The number of hydrogen-bond donors (Lipinski definition) is 2. The van der Waals surface area contributed by atoms with E-state index in [0.29, 0.717) is 37.4 Å². The van der Waals surface area contributed by atoms with E-state index in [9.17, 15) is 9.59 Å². The number of anilines is 1. The summed E-state index contributed by atoms with van der Waals surface area (Å²) < 4.78 is 12.6. The summed E-state index contributed by atoms with van der Waals surface area (Å²) in [7, 11) is 1.38. The molecule has 0 atom stereocenters. The Morgan fingerprint density at radius 1 is 1.23 bits per heavy atom. The maximum Gasteiger partial charge on any atom is 0.319 e. The standard InChI is InChI=1S/C22H32N4O4/c1-4-5-12-23-22(28)25-21-17(2)8-6-9-19(21)30-14-7-13-26-15-18(24-16-26)10-11-20(27)29-3/h6,8-9,15-16H,4-5,7,10-14H2,1-3H3,(H2,23,25,28). The summed E-state index contributed by atoms with van der Waals surface area (Å²) >= 11 is 0. The number of carbonyl (C=O) groups excluding carboxylic acids is 2. The maximum absolute atomic E-state index is 12.1. The number of aryl methyl sites for hydroxylation is 3. The van der Waals surface area contributed by atoms with Gasteiger partial charge in [-0.1, -0.05) is 25.5 Å². The fraction of sp³-hybridized carbons (Fsp3) is 0.500. The lowest BCUT2D eigenvalue weighted by molar-refractivity contribution is -0.140. The number of urea groups is 1. The number of unbranched alkanes of at least 4 members (excludes halogenated alkanes) is 1. The van der Waals surface area contributed by atoms with Crippen LogP contribution in [0.25, 0.3) is 0 Å². The van der Waals surface area contributed by atoms with E-state index in [0.717, 1.165) is 37.1 Å². The van der Waals surface area contributed by atoms with Crippen LogP contribution < -0.4 is 15.4 Å². The molecular formula is C22H32N4O4. The normalized spacial score (nSPS) is 10.5. The van der Waals surface area contributed by atoms with Crippen molar-refractivity contribution in [3.05, 3.63) is 42.0 Å². The molecule has 0 spiro atoms. The third-order valence-electron chi connectivity index (χ3n) is 4.61. The Morgan fingerprint density at radius 2 is 2.07 bits per heavy atom. The van der Waals surface area contributed by atoms with Gasteiger partial charge in [-0.05, 0) is 31.4 Å². The predicted molar refractivity (Wildman–Crippen MR) is 116 cm³/mol. The van der Waals surface area contributed by atoms with Crippen LogP contribution in [0.2, 0.25) is 0 Å². The predicted octanol–water partition coefficient (Wildman–Crippen LogP) is 3.69. The number of imidazole rings is 1. The Kier molecular flexibility index (Phi) is 9.70. The Morgan fingerprint density at radius 3 is 2.83 bits per heavy atom. The van der Waals surface area contributed by atoms with Gasteiger partial charge in [-0.25, -0.2) is 9.78 Å². The highest BCUT2D eigenvalue weighted by Crippen LogP contribution is 2.28. The SMILES string of the molecule is CCCCNC(=O)Nc1c(C)cccc1OCCCn1cnc(CCC(=O)OC)c1. The molecule has 2 rings (SSSR count). The minimum atomic E-state index is -0.237. The van der Waals surface area contributed by atoms with Gasteiger partial charge in [-0.3, -0.25) is 4.79 Å². The van der Waals surface area contributed by atoms with Gasteiger partial charge in [0.1, 0.15) is 5.75 Å². The van der Waals surface area contributed by atoms with Crippen molar-refractivity contribution in [3.8, 4) is 5.75 Å². The minimum absolute atomic E-state index is 0.222. The van der Waals surface area contributed by atoms with Crippen LogP contribution in [0.1, 0.15) is 43.9 Å². The first-order valence-corrected chi connectivity index (χ1v) is 10.4. The van der Waals surface area contributed by atoms with Crippen molar-refractivity contribution in [1.29, 1.82) is 0 Å². The second kappa shape index (κ2) is 12.5. The van der Waals surface area contributed by atoms with Gasteiger partial charge in [0.15, 0.2) is 0 Å². The fourth-order valence-corrected chi connectivity index (χ4v) is 2.88. The first kappa shape index (κ1) is 23.3. The van der Waals surface area contributed by atoms with E-state index in [2.05, 4.69) is 27.3 Å². The third kappa shape index (κ3) is 7.77. The third-order valence-corrected chi connectivity index (χ3v) is 4.61. The first-order valence-electron chi connectivity index (χ1n) is 10.4. The van der Waals surface area contributed by atoms with E-state index in [-0.39, 0.29) is 12.0 Å². The molecule has 1 aromatic carbocycles. The molecule has 2 amide bonds. The van der Waals surface area contributed by atoms with E-state index in [4.69, 9.17) is 4.74 Å². The summed E-state index contributed by atoms with van der Waals surface area (Å²) in [6, 6.07) is 5.49. The smallest absolute Gasteiger partial charge is 0.319 e. The molecule has 0 bridgehead atoms. The van der Waals surface area contributed by atoms with Crippen LogP contribution in [0, 0.1) is 6.92 Å². The van der Waals surface area contributed by atoms with E-state index in [1.807, 2.05) is 35.9 Å². The van der Waals surface area contributed by atoms with Crippen LogP contribution in [0.5, 0.6) is 5.75 Å². The highest BCUT2D eigenvalue weighted by molar-refractivity contribution is 5.91. The molecule has 8 heteroatoms. The average Bonchev–Trinajstić information content (AvgIpc) is 3.19. The molecular weight excluding hydrogens is 384 g/mol. The van der Waals surface area contributed by atoms with Crippen molar-refractivity contribution in [2.24, 2.45) is 0 Å². The number of methoxy groups -OCH3 is 1. The van der Waals surface area contributed by atoms with E-state index in [1.165, 1.54) is 7.11 Å². The number of para-hydroxylation sites is 1. The number of hydrogen-bond acceptors (Lipinski definition) is 5. The quantitative estimate of drug-likeness (QED) is 0.406. The van der Waals surface area contributed by atoms with E-state index >= 15 is 0 Å². The summed E-state index contributed by atoms with van der Waals surface area (Å²) in [5.74, 6) is 0.421. The summed E-state index contributed by atoms with van der Waals surface area (Å²) in [6.45, 7) is 5.93. The first-order chi connectivity index (χ1) is 14.5. The molecule has 164 valence electrons. The minimum Gasteiger partial charge on any atom is -0.491 e. The molecule has 0 aliphatic carbocycles. The Balaban J connectivity index is 1.81. The van der Waals surface area contributed by atoms with E-state index < -0.39 is 0 Å². The number of rotatable bonds is 12. The Bertz CT molecular complexity index is 819. The lowest BCUT2D eigenvalue weighted by Gasteiger charge is -2.15. The maximum atomic E-state index is 12.1. The second-order valence-electron chi connectivity index (χ2n) is 7.06. The second-order valence-corrected chi connectivity index (χ2v) is 7.06. The van der Waals surface area contributed by atoms with Crippen molar-refractivity contribution in [2.75, 3.05) is 25.6 Å². The molecule has 0 saturated heterocycles. The van der Waals surface area contributed by atoms with Gasteiger partial charge in [0.25, 0.3) is 0 Å². The van der Waals surface area contributed by atoms with Crippen LogP contribution in [0.3, 0.4) is 0 Å². The molecule has 2 N–H and O–H groups in total. The molecule has 0 aliphatic rings. The zero-order valence-corrected chi connectivity index (χ0v) is 18.1. The molecule has 0 saturated carbocycles. The molecule has 0 fully saturated rings. The average molecular weight is 417 g/mol. The number of carbonyl (C=O) groups is 2. The lowest BCUT2D eigenvalue weighted by atomic mass is 10.2. The zero-order valence-electron chi connectivity index (χ0n) is 18.1. The van der Waals surface area contributed by atoms with Gasteiger partial charge in [0.05, 0.1) is 37.8 Å².